The smallest absolute Gasteiger partial charge is 0.0939 e. The van der Waals surface area contributed by atoms with Gasteiger partial charge in [-0.1, -0.05) is 48.0 Å². The average molecular weight is 287 g/mol. The zero-order valence-corrected chi connectivity index (χ0v) is 12.2. The summed E-state index contributed by atoms with van der Waals surface area (Å²) in [6, 6.07) is 16.1. The highest BCUT2D eigenvalue weighted by atomic mass is 35.5. The largest absolute Gasteiger partial charge is 0.385 e. The van der Waals surface area contributed by atoms with E-state index in [1.54, 1.807) is 0 Å². The maximum Gasteiger partial charge on any atom is 0.0939 e. The van der Waals surface area contributed by atoms with Gasteiger partial charge in [-0.2, -0.15) is 0 Å². The van der Waals surface area contributed by atoms with Gasteiger partial charge < -0.3 is 5.11 Å². The lowest BCUT2D eigenvalue weighted by molar-refractivity contribution is 0.0272. The SMILES string of the molecule is OC1(Cc2ccc(Cl)cc2)CCCCc2ccccc21. The molecule has 0 heterocycles. The third kappa shape index (κ3) is 2.74. The van der Waals surface area contributed by atoms with Crippen molar-refractivity contribution < 1.29 is 5.11 Å². The van der Waals surface area contributed by atoms with Crippen LogP contribution in [0.3, 0.4) is 0 Å². The molecule has 1 atom stereocenters. The normalized spacial score (nSPS) is 22.1. The molecule has 104 valence electrons. The quantitative estimate of drug-likeness (QED) is 0.806. The maximum absolute atomic E-state index is 11.2. The highest BCUT2D eigenvalue weighted by Gasteiger charge is 2.32. The van der Waals surface area contributed by atoms with Crippen molar-refractivity contribution in [3.05, 3.63) is 70.2 Å². The molecular weight excluding hydrogens is 268 g/mol. The van der Waals surface area contributed by atoms with Gasteiger partial charge in [0.2, 0.25) is 0 Å². The first kappa shape index (κ1) is 13.7. The van der Waals surface area contributed by atoms with Gasteiger partial charge in [-0.15, -0.1) is 0 Å². The monoisotopic (exact) mass is 286 g/mol. The van der Waals surface area contributed by atoms with Crippen molar-refractivity contribution in [3.8, 4) is 0 Å². The number of aryl methyl sites for hydroxylation is 1. The topological polar surface area (TPSA) is 20.2 Å². The molecule has 1 aliphatic carbocycles. The highest BCUT2D eigenvalue weighted by molar-refractivity contribution is 6.30. The Morgan fingerprint density at radius 1 is 1.00 bits per heavy atom. The predicted octanol–water partition coefficient (Wildman–Crippen LogP) is 4.50. The van der Waals surface area contributed by atoms with Crippen molar-refractivity contribution in [3.63, 3.8) is 0 Å². The zero-order valence-electron chi connectivity index (χ0n) is 11.5. The molecule has 0 saturated heterocycles. The fourth-order valence-corrected chi connectivity index (χ4v) is 3.31. The van der Waals surface area contributed by atoms with E-state index in [1.165, 1.54) is 5.56 Å². The second kappa shape index (κ2) is 5.59. The Labute approximate surface area is 125 Å². The van der Waals surface area contributed by atoms with E-state index in [2.05, 4.69) is 18.2 Å². The number of aliphatic hydroxyl groups is 1. The van der Waals surface area contributed by atoms with E-state index >= 15 is 0 Å². The summed E-state index contributed by atoms with van der Waals surface area (Å²) in [7, 11) is 0. The first-order valence-corrected chi connectivity index (χ1v) is 7.60. The van der Waals surface area contributed by atoms with Crippen LogP contribution in [0, 0.1) is 0 Å². The summed E-state index contributed by atoms with van der Waals surface area (Å²) in [5.41, 5.74) is 2.78. The molecule has 2 aromatic rings. The van der Waals surface area contributed by atoms with Gasteiger partial charge in [0, 0.05) is 11.4 Å². The fraction of sp³-hybridized carbons (Fsp3) is 0.333. The van der Waals surface area contributed by atoms with Gasteiger partial charge in [0.1, 0.15) is 0 Å². The predicted molar refractivity (Wildman–Crippen MR) is 83.0 cm³/mol. The van der Waals surface area contributed by atoms with E-state index in [-0.39, 0.29) is 0 Å². The van der Waals surface area contributed by atoms with Crippen molar-refractivity contribution in [2.45, 2.75) is 37.7 Å². The van der Waals surface area contributed by atoms with Crippen LogP contribution in [0.1, 0.15) is 36.0 Å². The fourth-order valence-electron chi connectivity index (χ4n) is 3.18. The van der Waals surface area contributed by atoms with E-state index in [1.807, 2.05) is 30.3 Å². The molecule has 3 rings (SSSR count). The molecule has 0 radical (unpaired) electrons. The van der Waals surface area contributed by atoms with Gasteiger partial charge in [0.25, 0.3) is 0 Å². The van der Waals surface area contributed by atoms with Gasteiger partial charge in [0.15, 0.2) is 0 Å². The van der Waals surface area contributed by atoms with Gasteiger partial charge in [-0.3, -0.25) is 0 Å². The Bertz CT molecular complexity index is 591. The summed E-state index contributed by atoms with van der Waals surface area (Å²) in [5, 5.41) is 11.9. The van der Waals surface area contributed by atoms with E-state index in [0.717, 1.165) is 41.8 Å². The van der Waals surface area contributed by atoms with Crippen LogP contribution in [0.15, 0.2) is 48.5 Å². The lowest BCUT2D eigenvalue weighted by Crippen LogP contribution is -2.28. The summed E-state index contributed by atoms with van der Waals surface area (Å²) < 4.78 is 0. The van der Waals surface area contributed by atoms with E-state index < -0.39 is 5.60 Å². The van der Waals surface area contributed by atoms with E-state index in [4.69, 9.17) is 11.6 Å². The molecule has 1 nitrogen and oxygen atoms in total. The zero-order chi connectivity index (χ0) is 14.0. The number of benzene rings is 2. The van der Waals surface area contributed by atoms with Crippen LogP contribution in [0.4, 0.5) is 0 Å². The first-order chi connectivity index (χ1) is 9.67. The van der Waals surface area contributed by atoms with E-state index in [9.17, 15) is 5.11 Å². The van der Waals surface area contributed by atoms with Crippen LogP contribution < -0.4 is 0 Å². The first-order valence-electron chi connectivity index (χ1n) is 7.23. The molecular formula is C18H19ClO. The minimum Gasteiger partial charge on any atom is -0.385 e. The maximum atomic E-state index is 11.2. The second-order valence-corrected chi connectivity index (χ2v) is 6.14. The average Bonchev–Trinajstić information content (AvgIpc) is 2.62. The van der Waals surface area contributed by atoms with Crippen LogP contribution >= 0.6 is 11.6 Å². The lowest BCUT2D eigenvalue weighted by Gasteiger charge is -2.29. The molecule has 20 heavy (non-hydrogen) atoms. The Hall–Kier alpha value is -1.31. The molecule has 0 fully saturated rings. The van der Waals surface area contributed by atoms with Gasteiger partial charge in [-0.05, 0) is 54.5 Å². The number of rotatable bonds is 2. The molecule has 1 N–H and O–H groups in total. The molecule has 2 aromatic carbocycles. The minimum atomic E-state index is -0.749. The van der Waals surface area contributed by atoms with E-state index in [0.29, 0.717) is 6.42 Å². The Morgan fingerprint density at radius 3 is 2.55 bits per heavy atom. The molecule has 0 saturated carbocycles. The number of halogens is 1. The second-order valence-electron chi connectivity index (χ2n) is 5.70. The molecule has 0 aliphatic heterocycles. The highest BCUT2D eigenvalue weighted by Crippen LogP contribution is 2.36. The van der Waals surface area contributed by atoms with Crippen LogP contribution in [0.5, 0.6) is 0 Å². The van der Waals surface area contributed by atoms with Crippen molar-refractivity contribution in [2.75, 3.05) is 0 Å². The van der Waals surface area contributed by atoms with Crippen molar-refractivity contribution in [1.82, 2.24) is 0 Å². The number of fused-ring (bicyclic) bond motifs is 1. The van der Waals surface area contributed by atoms with Crippen LogP contribution in [0.2, 0.25) is 5.02 Å². The third-order valence-corrected chi connectivity index (χ3v) is 4.47. The number of hydrogen-bond donors (Lipinski definition) is 1. The summed E-state index contributed by atoms with van der Waals surface area (Å²) in [6.45, 7) is 0. The Balaban J connectivity index is 1.96. The van der Waals surface area contributed by atoms with Crippen LogP contribution in [0.25, 0.3) is 0 Å². The molecule has 2 heteroatoms. The molecule has 0 amide bonds. The molecule has 0 aromatic heterocycles. The van der Waals surface area contributed by atoms with Gasteiger partial charge in [-0.25, -0.2) is 0 Å². The van der Waals surface area contributed by atoms with Crippen molar-refractivity contribution >= 4 is 11.6 Å². The van der Waals surface area contributed by atoms with Crippen molar-refractivity contribution in [2.24, 2.45) is 0 Å². The van der Waals surface area contributed by atoms with Crippen LogP contribution in [-0.2, 0) is 18.4 Å². The van der Waals surface area contributed by atoms with Gasteiger partial charge in [0.05, 0.1) is 5.60 Å². The summed E-state index contributed by atoms with van der Waals surface area (Å²) in [6.07, 6.45) is 4.77. The standard InChI is InChI=1S/C18H19ClO/c19-16-10-8-14(9-11-16)13-18(20)12-4-3-6-15-5-1-2-7-17(15)18/h1-2,5,7-11,20H,3-4,6,12-13H2. The summed E-state index contributed by atoms with van der Waals surface area (Å²) in [4.78, 5) is 0. The van der Waals surface area contributed by atoms with Crippen LogP contribution in [-0.4, -0.2) is 5.11 Å². The minimum absolute atomic E-state index is 0.654. The molecule has 1 unspecified atom stereocenters. The summed E-state index contributed by atoms with van der Waals surface area (Å²) in [5.74, 6) is 0. The van der Waals surface area contributed by atoms with Crippen molar-refractivity contribution in [1.29, 1.82) is 0 Å². The molecule has 0 spiro atoms. The third-order valence-electron chi connectivity index (χ3n) is 4.22. The summed E-state index contributed by atoms with van der Waals surface area (Å²) >= 11 is 5.93. The Kier molecular flexibility index (Phi) is 3.82. The molecule has 1 aliphatic rings. The molecule has 0 bridgehead atoms. The van der Waals surface area contributed by atoms with Gasteiger partial charge >= 0.3 is 0 Å². The lowest BCUT2D eigenvalue weighted by atomic mass is 9.83. The number of hydrogen-bond acceptors (Lipinski definition) is 1. The Morgan fingerprint density at radius 2 is 1.75 bits per heavy atom.